The minimum absolute atomic E-state index is 0.0118. The van der Waals surface area contributed by atoms with Gasteiger partial charge in [0.2, 0.25) is 0 Å². The number of nitrogens with zero attached hydrogens (tertiary/aromatic N) is 2. The summed E-state index contributed by atoms with van der Waals surface area (Å²) >= 11 is 3.51. The van der Waals surface area contributed by atoms with E-state index in [1.54, 1.807) is 0 Å². The Bertz CT molecular complexity index is 505. The van der Waals surface area contributed by atoms with Gasteiger partial charge >= 0.3 is 12.8 Å². The standard InChI is InChI=1S/C9H14N3O5PS/c10-7-3-4-12(9(13)11-7)8-2-1-6(17-8)5-16-18(14,15)19/h3-4,6,8,14-15,19H,1-2,5H2,(H-,10,11,13)/p+1/t6-,8+/m0/s1. The Balaban J connectivity index is 1.96. The van der Waals surface area contributed by atoms with Crippen molar-refractivity contribution < 1.29 is 19.0 Å². The summed E-state index contributed by atoms with van der Waals surface area (Å²) in [6, 6.07) is 1.51. The molecule has 2 rings (SSSR count). The molecule has 0 aromatic carbocycles. The maximum Gasteiger partial charge on any atom is 0.472 e. The summed E-state index contributed by atoms with van der Waals surface area (Å²) in [6.45, 7) is 0.0118. The Morgan fingerprint density at radius 2 is 2.37 bits per heavy atom. The first-order chi connectivity index (χ1) is 8.85. The molecule has 0 saturated carbocycles. The number of hydrogen-bond acceptors (Lipinski definition) is 8. The molecule has 0 aliphatic carbocycles. The molecular weight excluding hydrogens is 293 g/mol. The lowest BCUT2D eigenvalue weighted by Gasteiger charge is -2.15. The van der Waals surface area contributed by atoms with Crippen LogP contribution in [-0.2, 0) is 9.26 Å². The molecule has 0 radical (unpaired) electrons. The van der Waals surface area contributed by atoms with Crippen LogP contribution < -0.4 is 11.4 Å². The van der Waals surface area contributed by atoms with E-state index in [1.807, 2.05) is 0 Å². The van der Waals surface area contributed by atoms with Crippen LogP contribution in [0.15, 0.2) is 17.1 Å². The summed E-state index contributed by atoms with van der Waals surface area (Å²) in [5.74, 6) is 0.157. The molecule has 1 fully saturated rings. The number of aromatic nitrogens is 2. The number of hydrogen-bond donors (Lipinski definition) is 4. The van der Waals surface area contributed by atoms with Crippen molar-refractivity contribution in [1.29, 1.82) is 0 Å². The predicted octanol–water partition coefficient (Wildman–Crippen LogP) is 0.112. The Morgan fingerprint density at radius 1 is 1.63 bits per heavy atom. The molecule has 2 atom stereocenters. The molecule has 0 unspecified atom stereocenters. The van der Waals surface area contributed by atoms with Crippen molar-refractivity contribution in [3.63, 3.8) is 0 Å². The minimum atomic E-state index is -3.56. The van der Waals surface area contributed by atoms with Crippen LogP contribution in [0.4, 0.5) is 5.82 Å². The van der Waals surface area contributed by atoms with Gasteiger partial charge in [0.1, 0.15) is 18.7 Å². The second kappa shape index (κ2) is 5.74. The first-order valence-electron chi connectivity index (χ1n) is 5.57. The highest BCUT2D eigenvalue weighted by atomic mass is 32.7. The van der Waals surface area contributed by atoms with Crippen molar-refractivity contribution >= 4 is 25.2 Å². The van der Waals surface area contributed by atoms with Crippen molar-refractivity contribution in [2.45, 2.75) is 25.2 Å². The van der Waals surface area contributed by atoms with Gasteiger partial charge in [-0.05, 0) is 18.9 Å². The molecule has 0 spiro atoms. The zero-order valence-electron chi connectivity index (χ0n) is 9.92. The Hall–Kier alpha value is -0.700. The van der Waals surface area contributed by atoms with Crippen molar-refractivity contribution in [3.8, 4) is 0 Å². The molecule has 1 aliphatic rings. The van der Waals surface area contributed by atoms with E-state index < -0.39 is 19.1 Å². The molecule has 0 bridgehead atoms. The van der Waals surface area contributed by atoms with Gasteiger partial charge in [-0.15, -0.1) is 0 Å². The molecule has 2 heterocycles. The van der Waals surface area contributed by atoms with E-state index >= 15 is 0 Å². The maximum atomic E-state index is 11.6. The largest absolute Gasteiger partial charge is 0.472 e. The van der Waals surface area contributed by atoms with Gasteiger partial charge in [0.15, 0.2) is 0 Å². The fourth-order valence-electron chi connectivity index (χ4n) is 1.84. The van der Waals surface area contributed by atoms with E-state index in [0.29, 0.717) is 12.8 Å². The lowest BCUT2D eigenvalue weighted by molar-refractivity contribution is -0.0219. The summed E-state index contributed by atoms with van der Waals surface area (Å²) in [5, 5.41) is 0. The van der Waals surface area contributed by atoms with Crippen LogP contribution >= 0.6 is 19.4 Å². The molecule has 19 heavy (non-hydrogen) atoms. The van der Waals surface area contributed by atoms with Gasteiger partial charge in [0.25, 0.3) is 0 Å². The quantitative estimate of drug-likeness (QED) is 0.460. The van der Waals surface area contributed by atoms with Crippen LogP contribution in [0, 0.1) is 0 Å². The Labute approximate surface area is 114 Å². The van der Waals surface area contributed by atoms with Crippen molar-refractivity contribution in [2.75, 3.05) is 12.3 Å². The van der Waals surface area contributed by atoms with Gasteiger partial charge in [0, 0.05) is 6.20 Å². The molecule has 10 heteroatoms. The molecule has 0 amide bonds. The number of nitrogens with two attached hydrogens (primary N) is 1. The maximum absolute atomic E-state index is 11.6. The third-order valence-electron chi connectivity index (χ3n) is 2.68. The number of ether oxygens (including phenoxy) is 1. The molecule has 1 saturated heterocycles. The summed E-state index contributed by atoms with van der Waals surface area (Å²) in [6.07, 6.45) is 2.00. The van der Waals surface area contributed by atoms with Gasteiger partial charge in [-0.2, -0.15) is 19.3 Å². The average Bonchev–Trinajstić information content (AvgIpc) is 2.74. The normalized spacial score (nSPS) is 23.7. The van der Waals surface area contributed by atoms with E-state index in [1.165, 1.54) is 16.8 Å². The third-order valence-corrected chi connectivity index (χ3v) is 3.52. The Morgan fingerprint density at radius 3 is 3.00 bits per heavy atom. The molecule has 8 nitrogen and oxygen atoms in total. The molecular formula is C9H15N3O5PS+. The van der Waals surface area contributed by atoms with Crippen molar-refractivity contribution in [3.05, 3.63) is 22.7 Å². The lowest BCUT2D eigenvalue weighted by atomic mass is 10.2. The fourth-order valence-corrected chi connectivity index (χ4v) is 2.41. The first kappa shape index (κ1) is 14.7. The SMILES string of the molecule is Nc1ccn([C@H]2CC[C@@H](CO[P+](O)(O)S)O2)c(=O)n1. The van der Waals surface area contributed by atoms with Crippen molar-refractivity contribution in [2.24, 2.45) is 0 Å². The topological polar surface area (TPSA) is 120 Å². The first-order valence-corrected chi connectivity index (χ1v) is 8.33. The molecule has 1 aromatic rings. The molecule has 106 valence electrons. The second-order valence-electron chi connectivity index (χ2n) is 4.14. The van der Waals surface area contributed by atoms with E-state index in [9.17, 15) is 4.79 Å². The number of rotatable bonds is 4. The number of nitrogen functional groups attached to an aromatic ring is 1. The summed E-state index contributed by atoms with van der Waals surface area (Å²) in [7, 11) is -3.56. The monoisotopic (exact) mass is 308 g/mol. The van der Waals surface area contributed by atoms with E-state index in [2.05, 4.69) is 17.2 Å². The van der Waals surface area contributed by atoms with Gasteiger partial charge in [-0.3, -0.25) is 4.57 Å². The van der Waals surface area contributed by atoms with Crippen LogP contribution in [0.5, 0.6) is 0 Å². The van der Waals surface area contributed by atoms with Crippen LogP contribution in [-0.4, -0.2) is 32.0 Å². The highest BCUT2D eigenvalue weighted by molar-refractivity contribution is 8.47. The van der Waals surface area contributed by atoms with Crippen LogP contribution in [0.25, 0.3) is 0 Å². The highest BCUT2D eigenvalue weighted by Crippen LogP contribution is 2.56. The number of anilines is 1. The second-order valence-corrected chi connectivity index (χ2v) is 6.99. The predicted molar refractivity (Wildman–Crippen MR) is 72.3 cm³/mol. The van der Waals surface area contributed by atoms with Gasteiger partial charge in [0.05, 0.1) is 18.4 Å². The van der Waals surface area contributed by atoms with Gasteiger partial charge in [-0.1, -0.05) is 0 Å². The van der Waals surface area contributed by atoms with Crippen LogP contribution in [0.1, 0.15) is 19.1 Å². The summed E-state index contributed by atoms with van der Waals surface area (Å²) < 4.78 is 11.7. The molecule has 1 aliphatic heterocycles. The smallest absolute Gasteiger partial charge is 0.383 e. The fraction of sp³-hybridized carbons (Fsp3) is 0.556. The summed E-state index contributed by atoms with van der Waals surface area (Å²) in [5.41, 5.74) is 4.92. The highest BCUT2D eigenvalue weighted by Gasteiger charge is 2.35. The minimum Gasteiger partial charge on any atom is -0.383 e. The van der Waals surface area contributed by atoms with Crippen LogP contribution in [0.3, 0.4) is 0 Å². The number of thiol groups is 1. The van der Waals surface area contributed by atoms with Gasteiger partial charge in [-0.25, -0.2) is 4.79 Å². The van der Waals surface area contributed by atoms with Crippen LogP contribution in [0.2, 0.25) is 0 Å². The van der Waals surface area contributed by atoms with Crippen molar-refractivity contribution in [1.82, 2.24) is 9.55 Å². The lowest BCUT2D eigenvalue weighted by Crippen LogP contribution is -2.27. The average molecular weight is 308 g/mol. The molecule has 4 N–H and O–H groups in total. The van der Waals surface area contributed by atoms with Gasteiger partial charge < -0.3 is 10.5 Å². The van der Waals surface area contributed by atoms with E-state index in [-0.39, 0.29) is 18.5 Å². The third kappa shape index (κ3) is 4.13. The van der Waals surface area contributed by atoms with E-state index in [0.717, 1.165) is 0 Å². The van der Waals surface area contributed by atoms with E-state index in [4.69, 9.17) is 24.8 Å². The Kier molecular flexibility index (Phi) is 4.44. The molecule has 1 aromatic heterocycles. The summed E-state index contributed by atoms with van der Waals surface area (Å²) in [4.78, 5) is 33.3. The zero-order valence-corrected chi connectivity index (χ0v) is 11.7. The zero-order chi connectivity index (χ0) is 14.0.